The van der Waals surface area contributed by atoms with Gasteiger partial charge < -0.3 is 15.2 Å². The van der Waals surface area contributed by atoms with Crippen LogP contribution in [0.3, 0.4) is 0 Å². The van der Waals surface area contributed by atoms with Crippen molar-refractivity contribution < 1.29 is 32.2 Å². The van der Waals surface area contributed by atoms with Gasteiger partial charge in [-0.05, 0) is 35.8 Å². The Bertz CT molecular complexity index is 721. The van der Waals surface area contributed by atoms with E-state index in [1.165, 1.54) is 23.5 Å². The molecule has 0 bridgehead atoms. The highest BCUT2D eigenvalue weighted by atomic mass is 19.4. The minimum atomic E-state index is -4.69. The number of benzene rings is 1. The van der Waals surface area contributed by atoms with Crippen molar-refractivity contribution >= 4 is 12.4 Å². The predicted octanol–water partition coefficient (Wildman–Crippen LogP) is 3.50. The van der Waals surface area contributed by atoms with Gasteiger partial charge in [0.15, 0.2) is 0 Å². The number of nitrogens with zero attached hydrogens (tertiary/aromatic N) is 1. The first-order valence-electron chi connectivity index (χ1n) is 8.18. The highest BCUT2D eigenvalue weighted by Gasteiger charge is 2.32. The summed E-state index contributed by atoms with van der Waals surface area (Å²) in [4.78, 5) is 22.1. The van der Waals surface area contributed by atoms with Crippen molar-refractivity contribution in [3.63, 3.8) is 0 Å². The van der Waals surface area contributed by atoms with E-state index in [0.717, 1.165) is 12.1 Å². The summed E-state index contributed by atoms with van der Waals surface area (Å²) in [7, 11) is 0. The number of carbonyl (C=O) groups excluding carboxylic acids is 2. The van der Waals surface area contributed by atoms with Crippen molar-refractivity contribution in [2.75, 3.05) is 6.61 Å². The highest BCUT2D eigenvalue weighted by Crippen LogP contribution is 2.33. The summed E-state index contributed by atoms with van der Waals surface area (Å²) >= 11 is 0. The Hall–Kier alpha value is -2.85. The van der Waals surface area contributed by atoms with Crippen molar-refractivity contribution in [1.29, 1.82) is 0 Å². The maximum Gasteiger partial charge on any atom is 0.513 e. The Labute approximate surface area is 160 Å². The Morgan fingerprint density at radius 3 is 2.57 bits per heavy atom. The molecule has 0 aliphatic carbocycles. The van der Waals surface area contributed by atoms with E-state index in [1.54, 1.807) is 13.8 Å². The van der Waals surface area contributed by atoms with E-state index in [2.05, 4.69) is 12.0 Å². The van der Waals surface area contributed by atoms with Gasteiger partial charge in [-0.25, -0.2) is 10.2 Å². The van der Waals surface area contributed by atoms with Crippen LogP contribution < -0.4 is 15.9 Å². The van der Waals surface area contributed by atoms with Crippen LogP contribution in [0.5, 0.6) is 5.75 Å². The fraction of sp³-hybridized carbons (Fsp3) is 0.333. The van der Waals surface area contributed by atoms with E-state index in [9.17, 15) is 22.8 Å². The van der Waals surface area contributed by atoms with E-state index in [4.69, 9.17) is 15.2 Å². The first-order chi connectivity index (χ1) is 13.1. The molecule has 1 unspecified atom stereocenters. The Morgan fingerprint density at radius 1 is 1.36 bits per heavy atom. The Kier molecular flexibility index (Phi) is 8.68. The summed E-state index contributed by atoms with van der Waals surface area (Å²) in [5.74, 6) is -0.337. The second kappa shape index (κ2) is 10.5. The molecule has 10 heteroatoms. The monoisotopic (exact) mass is 401 g/mol. The SMILES string of the molecule is C=CN(/C=C\C=O)NC(N)c1cc(OC(=O)OCC(C)C)cc(C(F)(F)F)c1. The van der Waals surface area contributed by atoms with Gasteiger partial charge in [0.1, 0.15) is 12.0 Å². The quantitative estimate of drug-likeness (QED) is 0.163. The summed E-state index contributed by atoms with van der Waals surface area (Å²) in [6.45, 7) is 7.14. The number of ether oxygens (including phenoxy) is 2. The van der Waals surface area contributed by atoms with Crippen LogP contribution >= 0.6 is 0 Å². The van der Waals surface area contributed by atoms with Gasteiger partial charge >= 0.3 is 12.3 Å². The second-order valence-electron chi connectivity index (χ2n) is 6.02. The highest BCUT2D eigenvalue weighted by molar-refractivity contribution is 5.64. The number of aldehydes is 1. The average molecular weight is 401 g/mol. The third kappa shape index (κ3) is 7.80. The van der Waals surface area contributed by atoms with E-state index in [1.807, 2.05) is 0 Å². The van der Waals surface area contributed by atoms with Crippen LogP contribution in [0.4, 0.5) is 18.0 Å². The van der Waals surface area contributed by atoms with Gasteiger partial charge in [0, 0.05) is 12.4 Å². The zero-order valence-corrected chi connectivity index (χ0v) is 15.4. The van der Waals surface area contributed by atoms with Crippen molar-refractivity contribution in [3.8, 4) is 5.75 Å². The second-order valence-corrected chi connectivity index (χ2v) is 6.02. The zero-order chi connectivity index (χ0) is 21.3. The predicted molar refractivity (Wildman–Crippen MR) is 95.6 cm³/mol. The fourth-order valence-corrected chi connectivity index (χ4v) is 1.90. The zero-order valence-electron chi connectivity index (χ0n) is 15.4. The molecular weight excluding hydrogens is 379 g/mol. The molecule has 1 aromatic rings. The molecule has 0 aliphatic rings. The number of hydrogen-bond acceptors (Lipinski definition) is 7. The molecule has 0 aliphatic heterocycles. The van der Waals surface area contributed by atoms with Gasteiger partial charge in [-0.3, -0.25) is 9.80 Å². The molecule has 1 rings (SSSR count). The van der Waals surface area contributed by atoms with Gasteiger partial charge in [0.2, 0.25) is 0 Å². The maximum atomic E-state index is 13.2. The third-order valence-corrected chi connectivity index (χ3v) is 3.16. The molecule has 0 radical (unpaired) electrons. The number of halogens is 3. The van der Waals surface area contributed by atoms with Crippen molar-refractivity contribution in [2.24, 2.45) is 11.7 Å². The lowest BCUT2D eigenvalue weighted by Gasteiger charge is -2.23. The topological polar surface area (TPSA) is 93.9 Å². The average Bonchev–Trinajstić information content (AvgIpc) is 2.62. The van der Waals surface area contributed by atoms with Crippen LogP contribution in [0.15, 0.2) is 43.3 Å². The molecule has 1 atom stereocenters. The molecule has 3 N–H and O–H groups in total. The van der Waals surface area contributed by atoms with Crippen molar-refractivity contribution in [1.82, 2.24) is 10.4 Å². The molecule has 28 heavy (non-hydrogen) atoms. The number of alkyl halides is 3. The van der Waals surface area contributed by atoms with E-state index in [0.29, 0.717) is 12.4 Å². The Morgan fingerprint density at radius 2 is 2.04 bits per heavy atom. The van der Waals surface area contributed by atoms with Gasteiger partial charge in [-0.1, -0.05) is 20.4 Å². The van der Waals surface area contributed by atoms with Crippen LogP contribution in [0, 0.1) is 5.92 Å². The lowest BCUT2D eigenvalue weighted by Crippen LogP contribution is -2.37. The number of rotatable bonds is 9. The molecule has 7 nitrogen and oxygen atoms in total. The third-order valence-electron chi connectivity index (χ3n) is 3.16. The van der Waals surface area contributed by atoms with Crippen molar-refractivity contribution in [3.05, 3.63) is 54.4 Å². The molecule has 154 valence electrons. The number of carbonyl (C=O) groups is 2. The van der Waals surface area contributed by atoms with Crippen molar-refractivity contribution in [2.45, 2.75) is 26.2 Å². The first-order valence-corrected chi connectivity index (χ1v) is 8.18. The molecule has 0 aromatic heterocycles. The van der Waals surface area contributed by atoms with Gasteiger partial charge in [-0.2, -0.15) is 13.2 Å². The largest absolute Gasteiger partial charge is 0.513 e. The molecule has 0 heterocycles. The van der Waals surface area contributed by atoms with Crippen LogP contribution in [-0.2, 0) is 15.7 Å². The van der Waals surface area contributed by atoms with E-state index in [-0.39, 0.29) is 23.8 Å². The number of allylic oxidation sites excluding steroid dienone is 1. The lowest BCUT2D eigenvalue weighted by atomic mass is 10.1. The number of hydrogen-bond donors (Lipinski definition) is 2. The minimum Gasteiger partial charge on any atom is -0.434 e. The summed E-state index contributed by atoms with van der Waals surface area (Å²) in [6.07, 6.45) is -2.78. The van der Waals surface area contributed by atoms with Gasteiger partial charge in [0.05, 0.1) is 18.3 Å². The van der Waals surface area contributed by atoms with Gasteiger partial charge in [0.25, 0.3) is 0 Å². The number of nitrogens with one attached hydrogen (secondary N) is 1. The molecular formula is C18H22F3N3O4. The van der Waals surface area contributed by atoms with Gasteiger partial charge in [-0.15, -0.1) is 0 Å². The number of hydrazine groups is 1. The van der Waals surface area contributed by atoms with E-state index >= 15 is 0 Å². The normalized spacial score (nSPS) is 12.7. The molecule has 0 saturated carbocycles. The molecule has 0 spiro atoms. The number of nitrogens with two attached hydrogens (primary N) is 1. The van der Waals surface area contributed by atoms with Crippen LogP contribution in [0.25, 0.3) is 0 Å². The first kappa shape index (κ1) is 23.2. The summed E-state index contributed by atoms with van der Waals surface area (Å²) in [5, 5.41) is 1.19. The maximum absolute atomic E-state index is 13.2. The minimum absolute atomic E-state index is 0.0205. The van der Waals surface area contributed by atoms with Crippen LogP contribution in [0.2, 0.25) is 0 Å². The standard InChI is InChI=1S/C18H22F3N3O4/c1-4-24(6-5-7-25)23-16(22)13-8-14(18(19,20)21)10-15(9-13)28-17(26)27-11-12(2)3/h4-10,12,16,23H,1,11,22H2,2-3H3/b6-5-. The summed E-state index contributed by atoms with van der Waals surface area (Å²) in [5.41, 5.74) is 7.44. The fourth-order valence-electron chi connectivity index (χ4n) is 1.90. The summed E-state index contributed by atoms with van der Waals surface area (Å²) < 4.78 is 49.2. The molecule has 0 amide bonds. The smallest absolute Gasteiger partial charge is 0.434 e. The molecule has 1 aromatic carbocycles. The molecule has 0 fully saturated rings. The lowest BCUT2D eigenvalue weighted by molar-refractivity contribution is -0.137. The van der Waals surface area contributed by atoms with E-state index < -0.39 is 24.1 Å². The van der Waals surface area contributed by atoms with Crippen LogP contribution in [0.1, 0.15) is 31.1 Å². The Balaban J connectivity index is 3.09. The van der Waals surface area contributed by atoms with Crippen LogP contribution in [-0.4, -0.2) is 24.1 Å². The summed E-state index contributed by atoms with van der Waals surface area (Å²) in [6, 6.07) is 2.66. The molecule has 0 saturated heterocycles.